The molecule has 0 saturated carbocycles. The van der Waals surface area contributed by atoms with Crippen LogP contribution < -0.4 is 4.90 Å². The van der Waals surface area contributed by atoms with Crippen LogP contribution in [0.15, 0.2) is 54.6 Å². The van der Waals surface area contributed by atoms with Crippen LogP contribution in [0.3, 0.4) is 0 Å². The highest BCUT2D eigenvalue weighted by Gasteiger charge is 2.71. The molecule has 0 aliphatic rings. The largest absolute Gasteiger partial charge is 0.430 e. The van der Waals surface area contributed by atoms with Gasteiger partial charge >= 0.3 is 12.4 Å². The third-order valence-electron chi connectivity index (χ3n) is 5.43. The smallest absolute Gasteiger partial charge is 0.369 e. The number of hydrogen-bond acceptors (Lipinski definition) is 3. The number of hydrogen-bond donors (Lipinski definition) is 1. The number of anilines is 1. The predicted octanol–water partition coefficient (Wildman–Crippen LogP) is 4.83. The molecule has 1 atom stereocenters. The third-order valence-corrected chi connectivity index (χ3v) is 5.43. The number of carbonyl (C=O) groups is 1. The maximum Gasteiger partial charge on any atom is 0.430 e. The molecule has 0 aliphatic carbocycles. The molecule has 176 valence electrons. The Kier molecular flexibility index (Phi) is 6.89. The van der Waals surface area contributed by atoms with Gasteiger partial charge in [-0.25, -0.2) is 0 Å². The topological polar surface area (TPSA) is 43.8 Å². The fraction of sp³-hybridized carbons (Fsp3) is 0.409. The monoisotopic (exact) mass is 462 g/mol. The van der Waals surface area contributed by atoms with E-state index in [1.165, 1.54) is 4.90 Å². The molecule has 2 aromatic carbocycles. The highest BCUT2D eigenvalue weighted by molar-refractivity contribution is 5.90. The van der Waals surface area contributed by atoms with E-state index in [1.54, 1.807) is 63.2 Å². The summed E-state index contributed by atoms with van der Waals surface area (Å²) in [6.07, 6.45) is -12.0. The van der Waals surface area contributed by atoms with Crippen molar-refractivity contribution in [1.82, 2.24) is 4.90 Å². The number of alkyl halides is 6. The first-order valence-corrected chi connectivity index (χ1v) is 9.63. The van der Waals surface area contributed by atoms with Crippen LogP contribution >= 0.6 is 0 Å². The lowest BCUT2D eigenvalue weighted by Crippen LogP contribution is -2.55. The summed E-state index contributed by atoms with van der Waals surface area (Å²) in [5.41, 5.74) is -6.88. The Morgan fingerprint density at radius 1 is 0.844 bits per heavy atom. The second-order valence-corrected chi connectivity index (χ2v) is 7.63. The van der Waals surface area contributed by atoms with Crippen LogP contribution in [0, 0.1) is 0 Å². The van der Waals surface area contributed by atoms with E-state index in [1.807, 2.05) is 0 Å². The average molecular weight is 462 g/mol. The van der Waals surface area contributed by atoms with Crippen molar-refractivity contribution >= 4 is 11.6 Å². The van der Waals surface area contributed by atoms with Gasteiger partial charge < -0.3 is 14.9 Å². The molecule has 0 saturated heterocycles. The molecule has 4 nitrogen and oxygen atoms in total. The molecule has 0 radical (unpaired) electrons. The Morgan fingerprint density at radius 3 is 1.69 bits per heavy atom. The van der Waals surface area contributed by atoms with E-state index in [-0.39, 0.29) is 18.1 Å². The molecule has 0 aromatic heterocycles. The van der Waals surface area contributed by atoms with E-state index >= 15 is 0 Å². The second kappa shape index (κ2) is 8.65. The summed E-state index contributed by atoms with van der Waals surface area (Å²) >= 11 is 0. The van der Waals surface area contributed by atoms with Gasteiger partial charge in [-0.15, -0.1) is 0 Å². The number of benzene rings is 2. The quantitative estimate of drug-likeness (QED) is 0.626. The molecular formula is C22H24F6N2O2. The lowest BCUT2D eigenvalue weighted by atomic mass is 9.87. The van der Waals surface area contributed by atoms with Gasteiger partial charge in [0.15, 0.2) is 0 Å². The molecule has 2 rings (SSSR count). The number of amides is 1. The fourth-order valence-electron chi connectivity index (χ4n) is 3.72. The average Bonchev–Trinajstić information content (AvgIpc) is 2.72. The lowest BCUT2D eigenvalue weighted by Gasteiger charge is -2.43. The fourth-order valence-corrected chi connectivity index (χ4v) is 3.72. The number of aliphatic hydroxyl groups is 1. The van der Waals surface area contributed by atoms with Gasteiger partial charge in [-0.3, -0.25) is 4.79 Å². The van der Waals surface area contributed by atoms with E-state index < -0.39 is 29.1 Å². The van der Waals surface area contributed by atoms with Crippen molar-refractivity contribution in [3.63, 3.8) is 0 Å². The first-order valence-electron chi connectivity index (χ1n) is 9.63. The number of nitrogens with zero attached hydrogens (tertiary/aromatic N) is 2. The molecular weight excluding hydrogens is 438 g/mol. The van der Waals surface area contributed by atoms with Crippen LogP contribution in [0.5, 0.6) is 0 Å². The summed E-state index contributed by atoms with van der Waals surface area (Å²) in [6.45, 7) is 3.55. The highest BCUT2D eigenvalue weighted by Crippen LogP contribution is 2.50. The maximum atomic E-state index is 13.2. The molecule has 32 heavy (non-hydrogen) atoms. The van der Waals surface area contributed by atoms with Gasteiger partial charge in [0.05, 0.1) is 0 Å². The highest BCUT2D eigenvalue weighted by atomic mass is 19.4. The van der Waals surface area contributed by atoms with Crippen LogP contribution in [0.4, 0.5) is 32.0 Å². The number of rotatable bonds is 6. The van der Waals surface area contributed by atoms with E-state index in [0.29, 0.717) is 17.7 Å². The zero-order chi connectivity index (χ0) is 24.5. The van der Waals surface area contributed by atoms with E-state index in [2.05, 4.69) is 0 Å². The first kappa shape index (κ1) is 25.5. The normalized spacial score (nSPS) is 14.6. The van der Waals surface area contributed by atoms with E-state index in [9.17, 15) is 36.2 Å². The number of carbonyl (C=O) groups excluding carboxylic acids is 1. The molecule has 1 unspecified atom stereocenters. The Morgan fingerprint density at radius 2 is 1.31 bits per heavy atom. The minimum Gasteiger partial charge on any atom is -0.369 e. The molecule has 0 aliphatic heterocycles. The van der Waals surface area contributed by atoms with Crippen LogP contribution in [0.25, 0.3) is 0 Å². The van der Waals surface area contributed by atoms with Crippen molar-refractivity contribution in [2.75, 3.05) is 25.5 Å². The minimum atomic E-state index is -5.98. The molecule has 1 amide bonds. The predicted molar refractivity (Wildman–Crippen MR) is 108 cm³/mol. The molecule has 0 heterocycles. The SMILES string of the molecule is CCN(c1ccc(C(O)(C(F)(F)F)C(F)(F)F)cc1)C(C)(C(=O)N(C)C)c1ccccc1. The molecule has 0 spiro atoms. The number of halogens is 6. The van der Waals surface area contributed by atoms with E-state index in [4.69, 9.17) is 0 Å². The van der Waals surface area contributed by atoms with Crippen molar-refractivity contribution in [2.24, 2.45) is 0 Å². The molecule has 0 fully saturated rings. The van der Waals surface area contributed by atoms with Crippen LogP contribution in [0.1, 0.15) is 25.0 Å². The van der Waals surface area contributed by atoms with Crippen molar-refractivity contribution in [3.8, 4) is 0 Å². The zero-order valence-corrected chi connectivity index (χ0v) is 17.9. The first-order chi connectivity index (χ1) is 14.6. The molecule has 2 aromatic rings. The van der Waals surface area contributed by atoms with Gasteiger partial charge in [-0.05, 0) is 31.5 Å². The maximum absolute atomic E-state index is 13.2. The van der Waals surface area contributed by atoms with Gasteiger partial charge in [-0.2, -0.15) is 26.3 Å². The van der Waals surface area contributed by atoms with Gasteiger partial charge in [0.1, 0.15) is 5.54 Å². The van der Waals surface area contributed by atoms with Gasteiger partial charge in [0.2, 0.25) is 0 Å². The summed E-state index contributed by atoms with van der Waals surface area (Å²) in [6, 6.07) is 11.8. The van der Waals surface area contributed by atoms with Gasteiger partial charge in [-0.1, -0.05) is 42.5 Å². The summed E-state index contributed by atoms with van der Waals surface area (Å²) in [7, 11) is 3.10. The Bertz CT molecular complexity index is 912. The van der Waals surface area contributed by atoms with Crippen molar-refractivity contribution in [3.05, 3.63) is 65.7 Å². The summed E-state index contributed by atoms with van der Waals surface area (Å²) in [4.78, 5) is 16.1. The Labute approximate surface area is 182 Å². The van der Waals surface area contributed by atoms with Crippen LogP contribution in [-0.2, 0) is 15.9 Å². The molecule has 1 N–H and O–H groups in total. The van der Waals surface area contributed by atoms with Gasteiger partial charge in [0.25, 0.3) is 11.5 Å². The minimum absolute atomic E-state index is 0.213. The third kappa shape index (κ3) is 4.15. The van der Waals surface area contributed by atoms with Crippen molar-refractivity contribution in [2.45, 2.75) is 37.3 Å². The standard InChI is InChI=1S/C22H24F6N2O2/c1-5-30(19(2,18(31)29(3)4)15-9-7-6-8-10-15)17-13-11-16(12-14-17)20(32,21(23,24)25)22(26,27)28/h6-14,32H,5H2,1-4H3. The summed E-state index contributed by atoms with van der Waals surface area (Å²) < 4.78 is 79.1. The van der Waals surface area contributed by atoms with Crippen LogP contribution in [0.2, 0.25) is 0 Å². The Balaban J connectivity index is 2.63. The Hall–Kier alpha value is -2.75. The molecule has 10 heteroatoms. The van der Waals surface area contributed by atoms with Crippen molar-refractivity contribution in [1.29, 1.82) is 0 Å². The second-order valence-electron chi connectivity index (χ2n) is 7.63. The molecule has 0 bridgehead atoms. The zero-order valence-electron chi connectivity index (χ0n) is 17.9. The lowest BCUT2D eigenvalue weighted by molar-refractivity contribution is -0.376. The van der Waals surface area contributed by atoms with Crippen LogP contribution in [-0.4, -0.2) is 48.9 Å². The van der Waals surface area contributed by atoms with Crippen molar-refractivity contribution < 1.29 is 36.2 Å². The van der Waals surface area contributed by atoms with E-state index in [0.717, 1.165) is 12.1 Å². The summed E-state index contributed by atoms with van der Waals surface area (Å²) in [5.74, 6) is -0.336. The van der Waals surface area contributed by atoms with Gasteiger partial charge in [0, 0.05) is 31.9 Å². The summed E-state index contributed by atoms with van der Waals surface area (Å²) in [5, 5.41) is 9.62. The number of likely N-dealkylation sites (N-methyl/N-ethyl adjacent to an activating group) is 2.